The first kappa shape index (κ1) is 13.5. The summed E-state index contributed by atoms with van der Waals surface area (Å²) < 4.78 is 1.08. The quantitative estimate of drug-likeness (QED) is 0.564. The average molecular weight is 277 g/mol. The zero-order valence-corrected chi connectivity index (χ0v) is 11.8. The van der Waals surface area contributed by atoms with E-state index in [0.717, 1.165) is 10.2 Å². The molecule has 0 saturated heterocycles. The van der Waals surface area contributed by atoms with Crippen molar-refractivity contribution in [2.75, 3.05) is 0 Å². The minimum absolute atomic E-state index is 0.0962. The zero-order chi connectivity index (χ0) is 13.8. The maximum atomic E-state index is 11.6. The summed E-state index contributed by atoms with van der Waals surface area (Å²) in [7, 11) is 0. The number of benzene rings is 1. The second-order valence-electron chi connectivity index (χ2n) is 4.67. The summed E-state index contributed by atoms with van der Waals surface area (Å²) in [6.07, 6.45) is 0.447. The summed E-state index contributed by atoms with van der Waals surface area (Å²) in [5.41, 5.74) is 6.66. The number of hydrogen-bond donors (Lipinski definition) is 3. The molecule has 19 heavy (non-hydrogen) atoms. The summed E-state index contributed by atoms with van der Waals surface area (Å²) in [4.78, 5) is 18.8. The van der Waals surface area contributed by atoms with Crippen molar-refractivity contribution in [3.05, 3.63) is 24.3 Å². The number of hydrogen-bond acceptors (Lipinski definition) is 3. The number of thiazole rings is 1. The lowest BCUT2D eigenvalue weighted by molar-refractivity contribution is -0.356. The number of nitrogens with one attached hydrogen (secondary N) is 2. The molecule has 0 radical (unpaired) electrons. The Morgan fingerprint density at radius 2 is 2.21 bits per heavy atom. The molecule has 0 spiro atoms. The topological polar surface area (TPSA) is 82.0 Å². The van der Waals surface area contributed by atoms with E-state index in [4.69, 9.17) is 5.73 Å². The summed E-state index contributed by atoms with van der Waals surface area (Å²) in [6.45, 7) is 3.97. The highest BCUT2D eigenvalue weighted by atomic mass is 32.1. The molecule has 0 atom stereocenters. The van der Waals surface area contributed by atoms with Gasteiger partial charge in [0.15, 0.2) is 0 Å². The molecule has 0 aliphatic heterocycles. The predicted molar refractivity (Wildman–Crippen MR) is 77.0 cm³/mol. The third-order valence-corrected chi connectivity index (χ3v) is 3.36. The van der Waals surface area contributed by atoms with Crippen LogP contribution in [-0.2, 0) is 4.79 Å². The van der Waals surface area contributed by atoms with E-state index in [0.29, 0.717) is 17.5 Å². The second kappa shape index (κ2) is 5.79. The number of carbonyl (C=O) groups is 1. The van der Waals surface area contributed by atoms with Gasteiger partial charge in [-0.25, -0.2) is 10.3 Å². The van der Waals surface area contributed by atoms with Crippen molar-refractivity contribution in [3.63, 3.8) is 0 Å². The Labute approximate surface area is 115 Å². The minimum Gasteiger partial charge on any atom is -0.310 e. The number of aromatic nitrogens is 1. The Balaban J connectivity index is 2.09. The van der Waals surface area contributed by atoms with Crippen LogP contribution in [0.2, 0.25) is 0 Å². The van der Waals surface area contributed by atoms with E-state index in [9.17, 15) is 4.79 Å². The van der Waals surface area contributed by atoms with Gasteiger partial charge in [0, 0.05) is 6.42 Å². The normalized spacial score (nSPS) is 12.1. The van der Waals surface area contributed by atoms with Crippen molar-refractivity contribution in [3.8, 4) is 0 Å². The highest BCUT2D eigenvalue weighted by molar-refractivity contribution is 7.21. The van der Waals surface area contributed by atoms with E-state index < -0.39 is 0 Å². The molecule has 1 heterocycles. The van der Waals surface area contributed by atoms with Gasteiger partial charge in [0.2, 0.25) is 0 Å². The van der Waals surface area contributed by atoms with Gasteiger partial charge < -0.3 is 5.73 Å². The monoisotopic (exact) mass is 277 g/mol. The van der Waals surface area contributed by atoms with Gasteiger partial charge in [0.05, 0.1) is 4.70 Å². The molecule has 2 aromatic rings. The summed E-state index contributed by atoms with van der Waals surface area (Å²) in [6, 6.07) is 7.82. The fraction of sp³-hybridized carbons (Fsp3) is 0.308. The first-order valence-corrected chi connectivity index (χ1v) is 6.91. The molecule has 2 rings (SSSR count). The Morgan fingerprint density at radius 1 is 1.47 bits per heavy atom. The predicted octanol–water partition coefficient (Wildman–Crippen LogP) is 0.485. The third kappa shape index (κ3) is 3.75. The molecule has 1 aromatic heterocycles. The van der Waals surface area contributed by atoms with Crippen LogP contribution in [-0.4, -0.2) is 16.9 Å². The molecule has 0 aliphatic rings. The smallest absolute Gasteiger partial charge is 0.310 e. The van der Waals surface area contributed by atoms with E-state index in [1.807, 2.05) is 38.1 Å². The van der Waals surface area contributed by atoms with E-state index in [-0.39, 0.29) is 11.9 Å². The number of para-hydroxylation sites is 1. The van der Waals surface area contributed by atoms with Gasteiger partial charge in [0.25, 0.3) is 11.0 Å². The van der Waals surface area contributed by atoms with E-state index in [1.165, 1.54) is 11.3 Å². The van der Waals surface area contributed by atoms with E-state index >= 15 is 0 Å². The highest BCUT2D eigenvalue weighted by Crippen LogP contribution is 2.21. The van der Waals surface area contributed by atoms with Gasteiger partial charge in [-0.05, 0) is 18.1 Å². The Hall–Kier alpha value is -1.95. The second-order valence-corrected chi connectivity index (χ2v) is 5.70. The van der Waals surface area contributed by atoms with Crippen molar-refractivity contribution < 1.29 is 9.79 Å². The maximum Gasteiger partial charge on any atom is 0.312 e. The molecule has 0 fully saturated rings. The molecule has 1 aromatic carbocycles. The van der Waals surface area contributed by atoms with E-state index in [1.54, 1.807) is 0 Å². The van der Waals surface area contributed by atoms with Crippen LogP contribution in [0.15, 0.2) is 24.3 Å². The van der Waals surface area contributed by atoms with Crippen molar-refractivity contribution in [1.29, 1.82) is 0 Å². The van der Waals surface area contributed by atoms with Crippen LogP contribution in [0.5, 0.6) is 0 Å². The fourth-order valence-corrected chi connectivity index (χ4v) is 2.52. The SMILES string of the molecule is CC(C)CC(=O)NC(N)=[NH+]c1nc2ccccc2s1. The zero-order valence-electron chi connectivity index (χ0n) is 10.9. The van der Waals surface area contributed by atoms with Crippen LogP contribution in [0.25, 0.3) is 10.2 Å². The molecule has 6 heteroatoms. The van der Waals surface area contributed by atoms with Gasteiger partial charge in [0.1, 0.15) is 5.52 Å². The molecule has 0 saturated carbocycles. The van der Waals surface area contributed by atoms with Crippen molar-refractivity contribution in [2.45, 2.75) is 20.3 Å². The van der Waals surface area contributed by atoms with Crippen molar-refractivity contribution in [1.82, 2.24) is 10.3 Å². The van der Waals surface area contributed by atoms with Gasteiger partial charge in [-0.2, -0.15) is 0 Å². The molecular formula is C13H17N4OS+. The van der Waals surface area contributed by atoms with Crippen LogP contribution in [0.3, 0.4) is 0 Å². The first-order valence-electron chi connectivity index (χ1n) is 6.09. The third-order valence-electron chi connectivity index (χ3n) is 2.40. The summed E-state index contributed by atoms with van der Waals surface area (Å²) in [5, 5.41) is 3.29. The standard InChI is InChI=1S/C13H16N4OS/c1-8(2)7-11(18)16-12(14)17-13-15-9-5-3-4-6-10(9)19-13/h3-6,8H,7H2,1-2H3,(H3,14,15,16,17,18)/p+1. The van der Waals surface area contributed by atoms with Gasteiger partial charge in [-0.3, -0.25) is 4.79 Å². The molecule has 0 bridgehead atoms. The lowest BCUT2D eigenvalue weighted by atomic mass is 10.1. The number of guanidine groups is 1. The lowest BCUT2D eigenvalue weighted by Crippen LogP contribution is -2.74. The number of nitrogens with two attached hydrogens (primary N) is 1. The summed E-state index contributed by atoms with van der Waals surface area (Å²) >= 11 is 1.49. The molecule has 5 nitrogen and oxygen atoms in total. The van der Waals surface area contributed by atoms with E-state index in [2.05, 4.69) is 15.3 Å². The minimum atomic E-state index is -0.0962. The summed E-state index contributed by atoms with van der Waals surface area (Å²) in [5.74, 6) is 0.418. The highest BCUT2D eigenvalue weighted by Gasteiger charge is 2.11. The molecule has 0 aliphatic carbocycles. The van der Waals surface area contributed by atoms with Gasteiger partial charge in [-0.1, -0.05) is 37.3 Å². The first-order chi connectivity index (χ1) is 9.04. The molecule has 0 unspecified atom stereocenters. The number of fused-ring (bicyclic) bond motifs is 1. The maximum absolute atomic E-state index is 11.6. The Bertz CT molecular complexity index is 585. The van der Waals surface area contributed by atoms with Crippen LogP contribution in [0, 0.1) is 5.92 Å². The van der Waals surface area contributed by atoms with Crippen LogP contribution < -0.4 is 16.0 Å². The molecular weight excluding hydrogens is 260 g/mol. The van der Waals surface area contributed by atoms with Crippen molar-refractivity contribution >= 4 is 38.6 Å². The largest absolute Gasteiger partial charge is 0.312 e. The van der Waals surface area contributed by atoms with Crippen LogP contribution in [0.1, 0.15) is 20.3 Å². The van der Waals surface area contributed by atoms with Gasteiger partial charge >= 0.3 is 5.96 Å². The number of amides is 1. The molecule has 100 valence electrons. The average Bonchev–Trinajstić information content (AvgIpc) is 2.68. The van der Waals surface area contributed by atoms with Crippen LogP contribution in [0.4, 0.5) is 5.13 Å². The Kier molecular flexibility index (Phi) is 4.11. The van der Waals surface area contributed by atoms with Crippen molar-refractivity contribution in [2.24, 2.45) is 11.7 Å². The number of rotatable bonds is 3. The molecule has 1 amide bonds. The molecule has 4 N–H and O–H groups in total. The fourth-order valence-electron chi connectivity index (χ4n) is 1.64. The number of carbonyl (C=O) groups excluding carboxylic acids is 1. The van der Waals surface area contributed by atoms with Crippen LogP contribution >= 0.6 is 11.3 Å². The number of nitrogens with zero attached hydrogens (tertiary/aromatic N) is 1. The Morgan fingerprint density at radius 3 is 2.89 bits per heavy atom. The van der Waals surface area contributed by atoms with Gasteiger partial charge in [-0.15, -0.1) is 4.98 Å². The lowest BCUT2D eigenvalue weighted by Gasteiger charge is -2.01.